The molecule has 17 heavy (non-hydrogen) atoms. The van der Waals surface area contributed by atoms with E-state index >= 15 is 0 Å². The molecule has 4 nitrogen and oxygen atoms in total. The van der Waals surface area contributed by atoms with Crippen molar-refractivity contribution in [3.8, 4) is 0 Å². The van der Waals surface area contributed by atoms with Gasteiger partial charge in [-0.2, -0.15) is 0 Å². The maximum Gasteiger partial charge on any atom is 0.319 e. The van der Waals surface area contributed by atoms with Crippen molar-refractivity contribution in [3.05, 3.63) is 42.4 Å². The maximum absolute atomic E-state index is 11.4. The van der Waals surface area contributed by atoms with Gasteiger partial charge in [-0.3, -0.25) is 4.98 Å². The first-order chi connectivity index (χ1) is 7.97. The van der Waals surface area contributed by atoms with Crippen molar-refractivity contribution in [1.29, 1.82) is 0 Å². The molecule has 2 amide bonds. The summed E-state index contributed by atoms with van der Waals surface area (Å²) < 4.78 is 0. The zero-order valence-corrected chi connectivity index (χ0v) is 10.5. The summed E-state index contributed by atoms with van der Waals surface area (Å²) in [5.74, 6) is 0. The minimum absolute atomic E-state index is 0.0638. The zero-order valence-electron chi connectivity index (χ0n) is 10.5. The van der Waals surface area contributed by atoms with Crippen LogP contribution >= 0.6 is 0 Å². The van der Waals surface area contributed by atoms with Crippen molar-refractivity contribution < 1.29 is 4.79 Å². The molecule has 0 aliphatic heterocycles. The highest BCUT2D eigenvalue weighted by Crippen LogP contribution is 2.13. The number of aromatic nitrogens is 1. The van der Waals surface area contributed by atoms with Crippen molar-refractivity contribution in [2.45, 2.75) is 27.3 Å². The van der Waals surface area contributed by atoms with Gasteiger partial charge in [-0.15, -0.1) is 0 Å². The smallest absolute Gasteiger partial charge is 0.319 e. The number of carbonyl (C=O) groups is 1. The van der Waals surface area contributed by atoms with Crippen LogP contribution in [-0.4, -0.2) is 11.0 Å². The van der Waals surface area contributed by atoms with E-state index < -0.39 is 0 Å². The summed E-state index contributed by atoms with van der Waals surface area (Å²) in [6, 6.07) is 5.37. The van der Waals surface area contributed by atoms with Gasteiger partial charge in [0.05, 0.1) is 12.2 Å². The molecule has 92 valence electrons. The van der Waals surface area contributed by atoms with Gasteiger partial charge in [-0.05, 0) is 17.5 Å². The largest absolute Gasteiger partial charge is 0.332 e. The third kappa shape index (κ3) is 6.35. The second-order valence-corrected chi connectivity index (χ2v) is 4.85. The van der Waals surface area contributed by atoms with Crippen LogP contribution in [0.3, 0.4) is 0 Å². The molecular weight excluding hydrogens is 214 g/mol. The van der Waals surface area contributed by atoms with Gasteiger partial charge in [0.1, 0.15) is 0 Å². The Morgan fingerprint density at radius 2 is 2.18 bits per heavy atom. The Labute approximate surface area is 102 Å². The molecule has 2 N–H and O–H groups in total. The topological polar surface area (TPSA) is 54.0 Å². The molecule has 0 unspecified atom stereocenters. The van der Waals surface area contributed by atoms with E-state index in [1.807, 2.05) is 24.3 Å². The number of allylic oxidation sites excluding steroid dienone is 1. The number of hydrogen-bond donors (Lipinski definition) is 2. The van der Waals surface area contributed by atoms with Crippen molar-refractivity contribution in [1.82, 2.24) is 15.6 Å². The first kappa shape index (κ1) is 13.2. The van der Waals surface area contributed by atoms with E-state index in [1.54, 1.807) is 12.4 Å². The van der Waals surface area contributed by atoms with Gasteiger partial charge in [0.2, 0.25) is 0 Å². The molecule has 0 atom stereocenters. The van der Waals surface area contributed by atoms with Crippen LogP contribution in [0.5, 0.6) is 0 Å². The Balaban J connectivity index is 2.29. The average molecular weight is 233 g/mol. The van der Waals surface area contributed by atoms with Crippen LogP contribution in [0, 0.1) is 5.41 Å². The van der Waals surface area contributed by atoms with Crippen molar-refractivity contribution in [3.63, 3.8) is 0 Å². The third-order valence-electron chi connectivity index (χ3n) is 1.95. The minimum Gasteiger partial charge on any atom is -0.332 e. The number of nitrogens with zero attached hydrogens (tertiary/aromatic N) is 1. The van der Waals surface area contributed by atoms with Gasteiger partial charge in [0, 0.05) is 12.4 Å². The normalized spacial score (nSPS) is 11.5. The Hall–Kier alpha value is -1.84. The van der Waals surface area contributed by atoms with Gasteiger partial charge >= 0.3 is 6.03 Å². The van der Waals surface area contributed by atoms with Crippen LogP contribution in [0.1, 0.15) is 26.5 Å². The van der Waals surface area contributed by atoms with E-state index in [0.29, 0.717) is 6.54 Å². The molecule has 1 rings (SSSR count). The highest BCUT2D eigenvalue weighted by molar-refractivity contribution is 5.74. The van der Waals surface area contributed by atoms with E-state index in [2.05, 4.69) is 36.4 Å². The number of pyridine rings is 1. The molecule has 0 aliphatic carbocycles. The van der Waals surface area contributed by atoms with Crippen LogP contribution in [0.4, 0.5) is 4.79 Å². The van der Waals surface area contributed by atoms with Crippen molar-refractivity contribution >= 4 is 6.03 Å². The number of rotatable bonds is 3. The number of hydrogen-bond acceptors (Lipinski definition) is 2. The van der Waals surface area contributed by atoms with Gasteiger partial charge in [0.15, 0.2) is 0 Å². The summed E-state index contributed by atoms with van der Waals surface area (Å²) in [5, 5.41) is 5.37. The molecule has 0 aliphatic rings. The van der Waals surface area contributed by atoms with E-state index in [1.165, 1.54) is 0 Å². The van der Waals surface area contributed by atoms with Crippen LogP contribution in [0.25, 0.3) is 0 Å². The highest BCUT2D eigenvalue weighted by Gasteiger charge is 2.04. The van der Waals surface area contributed by atoms with Gasteiger partial charge in [-0.25, -0.2) is 4.79 Å². The number of carbonyl (C=O) groups excluding carboxylic acids is 1. The monoisotopic (exact) mass is 233 g/mol. The quantitative estimate of drug-likeness (QED) is 0.842. The molecule has 1 heterocycles. The molecular formula is C13H19N3O. The molecule has 0 spiro atoms. The SMILES string of the molecule is CC(C)(C)/C=C/NC(=O)NCc1ccccn1. The molecule has 0 aromatic carbocycles. The van der Waals surface area contributed by atoms with E-state index in [-0.39, 0.29) is 11.4 Å². The fourth-order valence-electron chi connectivity index (χ4n) is 1.09. The van der Waals surface area contributed by atoms with Gasteiger partial charge < -0.3 is 10.6 Å². The molecule has 4 heteroatoms. The lowest BCUT2D eigenvalue weighted by atomic mass is 9.97. The van der Waals surface area contributed by atoms with Crippen LogP contribution in [0.2, 0.25) is 0 Å². The van der Waals surface area contributed by atoms with Crippen molar-refractivity contribution in [2.75, 3.05) is 0 Å². The predicted molar refractivity (Wildman–Crippen MR) is 68.2 cm³/mol. The summed E-state index contributed by atoms with van der Waals surface area (Å²) in [7, 11) is 0. The van der Waals surface area contributed by atoms with Gasteiger partial charge in [-0.1, -0.05) is 32.9 Å². The standard InChI is InChI=1S/C13H19N3O/c1-13(2,3)7-9-15-12(17)16-10-11-6-4-5-8-14-11/h4-9H,10H2,1-3H3,(H2,15,16,17)/b9-7+. The molecule has 0 bridgehead atoms. The Morgan fingerprint density at radius 1 is 1.41 bits per heavy atom. The number of amides is 2. The second kappa shape index (κ2) is 6.03. The number of nitrogens with one attached hydrogen (secondary N) is 2. The van der Waals surface area contributed by atoms with Crippen molar-refractivity contribution in [2.24, 2.45) is 5.41 Å². The summed E-state index contributed by atoms with van der Waals surface area (Å²) >= 11 is 0. The molecule has 0 radical (unpaired) electrons. The number of urea groups is 1. The fourth-order valence-corrected chi connectivity index (χ4v) is 1.09. The Kier molecular flexibility index (Phi) is 4.69. The molecule has 1 aromatic heterocycles. The minimum atomic E-state index is -0.226. The van der Waals surface area contributed by atoms with Crippen LogP contribution < -0.4 is 10.6 Å². The van der Waals surface area contributed by atoms with E-state index in [4.69, 9.17) is 0 Å². The summed E-state index contributed by atoms with van der Waals surface area (Å²) in [6.45, 7) is 6.63. The highest BCUT2D eigenvalue weighted by atomic mass is 16.2. The van der Waals surface area contributed by atoms with Gasteiger partial charge in [0.25, 0.3) is 0 Å². The second-order valence-electron chi connectivity index (χ2n) is 4.85. The third-order valence-corrected chi connectivity index (χ3v) is 1.95. The maximum atomic E-state index is 11.4. The predicted octanol–water partition coefficient (Wildman–Crippen LogP) is 2.44. The first-order valence-electron chi connectivity index (χ1n) is 5.59. The Bertz CT molecular complexity index is 379. The van der Waals surface area contributed by atoms with Crippen LogP contribution in [0.15, 0.2) is 36.7 Å². The zero-order chi connectivity index (χ0) is 12.7. The average Bonchev–Trinajstić information content (AvgIpc) is 2.26. The summed E-state index contributed by atoms with van der Waals surface area (Å²) in [6.07, 6.45) is 5.30. The molecule has 0 fully saturated rings. The summed E-state index contributed by atoms with van der Waals surface area (Å²) in [5.41, 5.74) is 0.899. The fraction of sp³-hybridized carbons (Fsp3) is 0.385. The van der Waals surface area contributed by atoms with E-state index in [9.17, 15) is 4.79 Å². The molecule has 0 saturated carbocycles. The Morgan fingerprint density at radius 3 is 2.76 bits per heavy atom. The lowest BCUT2D eigenvalue weighted by Gasteiger charge is -2.11. The summed E-state index contributed by atoms with van der Waals surface area (Å²) in [4.78, 5) is 15.5. The van der Waals surface area contributed by atoms with E-state index in [0.717, 1.165) is 5.69 Å². The lowest BCUT2D eigenvalue weighted by Crippen LogP contribution is -2.32. The first-order valence-corrected chi connectivity index (χ1v) is 5.59. The molecule has 0 saturated heterocycles. The lowest BCUT2D eigenvalue weighted by molar-refractivity contribution is 0.243. The molecule has 1 aromatic rings. The van der Waals surface area contributed by atoms with Crippen LogP contribution in [-0.2, 0) is 6.54 Å².